The fourth-order valence-corrected chi connectivity index (χ4v) is 1.82. The fraction of sp³-hybridized carbons (Fsp3) is 0.286. The quantitative estimate of drug-likeness (QED) is 0.890. The SMILES string of the molecule is CN(Cc1cccc(F)c1)c1ncc(CCN)cn1. The molecule has 0 fully saturated rings. The molecule has 2 aromatic rings. The van der Waals surface area contributed by atoms with Crippen LogP contribution in [-0.4, -0.2) is 23.6 Å². The molecule has 0 aliphatic heterocycles. The lowest BCUT2D eigenvalue weighted by molar-refractivity contribution is 0.625. The molecule has 4 nitrogen and oxygen atoms in total. The van der Waals surface area contributed by atoms with Gasteiger partial charge < -0.3 is 10.6 Å². The second kappa shape index (κ2) is 6.24. The highest BCUT2D eigenvalue weighted by Gasteiger charge is 2.05. The molecule has 0 aliphatic rings. The van der Waals surface area contributed by atoms with Crippen LogP contribution in [-0.2, 0) is 13.0 Å². The molecule has 1 aromatic carbocycles. The topological polar surface area (TPSA) is 55.0 Å². The predicted octanol–water partition coefficient (Wildman–Crippen LogP) is 1.75. The molecule has 0 aliphatic carbocycles. The Balaban J connectivity index is 2.05. The van der Waals surface area contributed by atoms with Gasteiger partial charge in [-0.15, -0.1) is 0 Å². The lowest BCUT2D eigenvalue weighted by Gasteiger charge is -2.17. The van der Waals surface area contributed by atoms with Crippen molar-refractivity contribution < 1.29 is 4.39 Å². The van der Waals surface area contributed by atoms with Gasteiger partial charge in [-0.25, -0.2) is 14.4 Å². The highest BCUT2D eigenvalue weighted by atomic mass is 19.1. The molecule has 19 heavy (non-hydrogen) atoms. The molecule has 1 heterocycles. The summed E-state index contributed by atoms with van der Waals surface area (Å²) >= 11 is 0. The van der Waals surface area contributed by atoms with Crippen LogP contribution in [0.3, 0.4) is 0 Å². The van der Waals surface area contributed by atoms with E-state index in [0.717, 1.165) is 17.5 Å². The van der Waals surface area contributed by atoms with Crippen LogP contribution < -0.4 is 10.6 Å². The van der Waals surface area contributed by atoms with Crippen LogP contribution in [0.25, 0.3) is 0 Å². The highest BCUT2D eigenvalue weighted by molar-refractivity contribution is 5.31. The first kappa shape index (κ1) is 13.4. The van der Waals surface area contributed by atoms with Crippen molar-refractivity contribution in [3.05, 3.63) is 53.6 Å². The standard InChI is InChI=1S/C14H17FN4/c1-19(10-11-3-2-4-13(15)7-11)14-17-8-12(5-6-16)9-18-14/h2-4,7-9H,5-6,10,16H2,1H3. The maximum atomic E-state index is 13.1. The van der Waals surface area contributed by atoms with E-state index in [0.29, 0.717) is 19.0 Å². The zero-order valence-electron chi connectivity index (χ0n) is 10.9. The number of nitrogens with zero attached hydrogens (tertiary/aromatic N) is 3. The Labute approximate surface area is 112 Å². The zero-order valence-corrected chi connectivity index (χ0v) is 10.9. The summed E-state index contributed by atoms with van der Waals surface area (Å²) in [5.74, 6) is 0.384. The molecule has 0 saturated carbocycles. The number of halogens is 1. The average Bonchev–Trinajstić information content (AvgIpc) is 2.40. The molecule has 0 spiro atoms. The molecule has 2 N–H and O–H groups in total. The summed E-state index contributed by atoms with van der Waals surface area (Å²) < 4.78 is 13.1. The number of nitrogens with two attached hydrogens (primary N) is 1. The average molecular weight is 260 g/mol. The van der Waals surface area contributed by atoms with Gasteiger partial charge in [0.15, 0.2) is 0 Å². The number of hydrogen-bond donors (Lipinski definition) is 1. The molecule has 5 heteroatoms. The second-order valence-electron chi connectivity index (χ2n) is 4.42. The number of anilines is 1. The third-order valence-electron chi connectivity index (χ3n) is 2.77. The zero-order chi connectivity index (χ0) is 13.7. The van der Waals surface area contributed by atoms with Crippen molar-refractivity contribution >= 4 is 5.95 Å². The van der Waals surface area contributed by atoms with E-state index in [1.54, 1.807) is 18.5 Å². The third kappa shape index (κ3) is 3.72. The lowest BCUT2D eigenvalue weighted by Crippen LogP contribution is -2.19. The molecular formula is C14H17FN4. The van der Waals surface area contributed by atoms with Gasteiger partial charge in [-0.1, -0.05) is 12.1 Å². The predicted molar refractivity (Wildman–Crippen MR) is 73.3 cm³/mol. The van der Waals surface area contributed by atoms with Crippen molar-refractivity contribution in [2.24, 2.45) is 5.73 Å². The summed E-state index contributed by atoms with van der Waals surface area (Å²) in [4.78, 5) is 10.4. The Morgan fingerprint density at radius 1 is 1.21 bits per heavy atom. The van der Waals surface area contributed by atoms with Gasteiger partial charge in [0.25, 0.3) is 0 Å². The van der Waals surface area contributed by atoms with E-state index >= 15 is 0 Å². The summed E-state index contributed by atoms with van der Waals surface area (Å²) in [5.41, 5.74) is 7.38. The Bertz CT molecular complexity index is 527. The van der Waals surface area contributed by atoms with Crippen molar-refractivity contribution in [3.8, 4) is 0 Å². The molecule has 0 atom stereocenters. The minimum atomic E-state index is -0.231. The van der Waals surface area contributed by atoms with Crippen LogP contribution >= 0.6 is 0 Å². The minimum absolute atomic E-state index is 0.231. The van der Waals surface area contributed by atoms with Crippen LogP contribution in [0.4, 0.5) is 10.3 Å². The summed E-state index contributed by atoms with van der Waals surface area (Å²) in [5, 5.41) is 0. The monoisotopic (exact) mass is 260 g/mol. The lowest BCUT2D eigenvalue weighted by atomic mass is 10.2. The summed E-state index contributed by atoms with van der Waals surface area (Å²) in [7, 11) is 1.88. The molecule has 0 unspecified atom stereocenters. The van der Waals surface area contributed by atoms with Gasteiger partial charge in [0, 0.05) is 26.0 Å². The summed E-state index contributed by atoms with van der Waals surface area (Å²) in [6, 6.07) is 6.52. The third-order valence-corrected chi connectivity index (χ3v) is 2.77. The molecule has 0 saturated heterocycles. The maximum absolute atomic E-state index is 13.1. The molecule has 100 valence electrons. The molecular weight excluding hydrogens is 243 g/mol. The van der Waals surface area contributed by atoms with Crippen molar-refractivity contribution in [1.29, 1.82) is 0 Å². The second-order valence-corrected chi connectivity index (χ2v) is 4.42. The van der Waals surface area contributed by atoms with Crippen molar-refractivity contribution in [2.45, 2.75) is 13.0 Å². The van der Waals surface area contributed by atoms with Crippen molar-refractivity contribution in [3.63, 3.8) is 0 Å². The van der Waals surface area contributed by atoms with Crippen LogP contribution in [0.15, 0.2) is 36.7 Å². The molecule has 0 amide bonds. The fourth-order valence-electron chi connectivity index (χ4n) is 1.82. The Morgan fingerprint density at radius 2 is 1.95 bits per heavy atom. The van der Waals surface area contributed by atoms with Gasteiger partial charge in [0.05, 0.1) is 0 Å². The Kier molecular flexibility index (Phi) is 4.41. The van der Waals surface area contributed by atoms with Crippen LogP contribution in [0.2, 0.25) is 0 Å². The van der Waals surface area contributed by atoms with Crippen LogP contribution in [0.1, 0.15) is 11.1 Å². The van der Waals surface area contributed by atoms with E-state index in [1.165, 1.54) is 12.1 Å². The van der Waals surface area contributed by atoms with Crippen LogP contribution in [0.5, 0.6) is 0 Å². The molecule has 0 bridgehead atoms. The van der Waals surface area contributed by atoms with E-state index in [2.05, 4.69) is 9.97 Å². The Morgan fingerprint density at radius 3 is 2.58 bits per heavy atom. The van der Waals surface area contributed by atoms with E-state index < -0.39 is 0 Å². The Hall–Kier alpha value is -2.01. The van der Waals surface area contributed by atoms with E-state index in [-0.39, 0.29) is 5.82 Å². The number of aromatic nitrogens is 2. The van der Waals surface area contributed by atoms with Gasteiger partial charge in [-0.3, -0.25) is 0 Å². The summed E-state index contributed by atoms with van der Waals surface area (Å²) in [6.07, 6.45) is 4.32. The molecule has 2 rings (SSSR count). The molecule has 0 radical (unpaired) electrons. The van der Waals surface area contributed by atoms with E-state index in [9.17, 15) is 4.39 Å². The highest BCUT2D eigenvalue weighted by Crippen LogP contribution is 2.11. The van der Waals surface area contributed by atoms with E-state index in [1.807, 2.05) is 18.0 Å². The first-order chi connectivity index (χ1) is 9.19. The van der Waals surface area contributed by atoms with E-state index in [4.69, 9.17) is 5.73 Å². The number of hydrogen-bond acceptors (Lipinski definition) is 4. The van der Waals surface area contributed by atoms with Crippen molar-refractivity contribution in [1.82, 2.24) is 9.97 Å². The number of benzene rings is 1. The first-order valence-electron chi connectivity index (χ1n) is 6.15. The maximum Gasteiger partial charge on any atom is 0.225 e. The normalized spacial score (nSPS) is 10.5. The number of rotatable bonds is 5. The van der Waals surface area contributed by atoms with Gasteiger partial charge in [-0.05, 0) is 36.2 Å². The van der Waals surface area contributed by atoms with Gasteiger partial charge in [0.1, 0.15) is 5.82 Å². The molecule has 1 aromatic heterocycles. The van der Waals surface area contributed by atoms with Gasteiger partial charge in [-0.2, -0.15) is 0 Å². The smallest absolute Gasteiger partial charge is 0.225 e. The van der Waals surface area contributed by atoms with Gasteiger partial charge in [0.2, 0.25) is 5.95 Å². The van der Waals surface area contributed by atoms with Crippen molar-refractivity contribution in [2.75, 3.05) is 18.5 Å². The minimum Gasteiger partial charge on any atom is -0.340 e. The van der Waals surface area contributed by atoms with Crippen LogP contribution in [0, 0.1) is 5.82 Å². The largest absolute Gasteiger partial charge is 0.340 e. The first-order valence-corrected chi connectivity index (χ1v) is 6.15. The van der Waals surface area contributed by atoms with Gasteiger partial charge >= 0.3 is 0 Å². The summed E-state index contributed by atoms with van der Waals surface area (Å²) in [6.45, 7) is 1.15.